The summed E-state index contributed by atoms with van der Waals surface area (Å²) in [6.07, 6.45) is 0.955. The largest absolute Gasteiger partial charge is 0.494 e. The average molecular weight is 299 g/mol. The summed E-state index contributed by atoms with van der Waals surface area (Å²) < 4.78 is 11.0. The fraction of sp³-hybridized carbons (Fsp3) is 0.278. The number of hydrogen-bond donors (Lipinski definition) is 1. The van der Waals surface area contributed by atoms with Crippen molar-refractivity contribution in [3.05, 3.63) is 54.1 Å². The SMILES string of the molecule is CCCOc1ccc(C(=O)Nc2ccccc2OCC)cc1. The molecule has 22 heavy (non-hydrogen) atoms. The average Bonchev–Trinajstić information content (AvgIpc) is 2.55. The lowest BCUT2D eigenvalue weighted by Crippen LogP contribution is -2.12. The second kappa shape index (κ2) is 8.08. The molecule has 1 N–H and O–H groups in total. The zero-order valence-corrected chi connectivity index (χ0v) is 13.0. The molecule has 2 rings (SSSR count). The van der Waals surface area contributed by atoms with Crippen molar-refractivity contribution in [2.45, 2.75) is 20.3 Å². The van der Waals surface area contributed by atoms with Gasteiger partial charge in [0.25, 0.3) is 5.91 Å². The first-order valence-electron chi connectivity index (χ1n) is 7.50. The van der Waals surface area contributed by atoms with E-state index in [0.29, 0.717) is 30.2 Å². The van der Waals surface area contributed by atoms with E-state index in [1.54, 1.807) is 24.3 Å². The van der Waals surface area contributed by atoms with Gasteiger partial charge < -0.3 is 14.8 Å². The molecule has 0 unspecified atom stereocenters. The predicted octanol–water partition coefficient (Wildman–Crippen LogP) is 4.13. The minimum absolute atomic E-state index is 0.172. The van der Waals surface area contributed by atoms with Crippen LogP contribution in [0.3, 0.4) is 0 Å². The van der Waals surface area contributed by atoms with Gasteiger partial charge in [-0.15, -0.1) is 0 Å². The Bertz CT molecular complexity index is 608. The van der Waals surface area contributed by atoms with E-state index in [-0.39, 0.29) is 5.91 Å². The fourth-order valence-corrected chi connectivity index (χ4v) is 1.97. The van der Waals surface area contributed by atoms with E-state index in [0.717, 1.165) is 12.2 Å². The monoisotopic (exact) mass is 299 g/mol. The predicted molar refractivity (Wildman–Crippen MR) is 87.8 cm³/mol. The molecule has 4 heteroatoms. The summed E-state index contributed by atoms with van der Waals surface area (Å²) >= 11 is 0. The Hall–Kier alpha value is -2.49. The number of para-hydroxylation sites is 2. The number of carbonyl (C=O) groups is 1. The Morgan fingerprint density at radius 1 is 1.00 bits per heavy atom. The maximum Gasteiger partial charge on any atom is 0.255 e. The third-order valence-electron chi connectivity index (χ3n) is 3.02. The quantitative estimate of drug-likeness (QED) is 0.836. The molecule has 2 aromatic rings. The van der Waals surface area contributed by atoms with Crippen LogP contribution in [0.2, 0.25) is 0 Å². The van der Waals surface area contributed by atoms with Crippen LogP contribution in [-0.4, -0.2) is 19.1 Å². The summed E-state index contributed by atoms with van der Waals surface area (Å²) in [5, 5.41) is 2.87. The second-order valence-corrected chi connectivity index (χ2v) is 4.76. The van der Waals surface area contributed by atoms with Gasteiger partial charge in [0.05, 0.1) is 18.9 Å². The van der Waals surface area contributed by atoms with Gasteiger partial charge in [-0.3, -0.25) is 4.79 Å². The molecular formula is C18H21NO3. The van der Waals surface area contributed by atoms with E-state index in [1.807, 2.05) is 31.2 Å². The minimum Gasteiger partial charge on any atom is -0.494 e. The van der Waals surface area contributed by atoms with E-state index in [9.17, 15) is 4.79 Å². The molecule has 0 saturated heterocycles. The molecule has 4 nitrogen and oxygen atoms in total. The number of benzene rings is 2. The highest BCUT2D eigenvalue weighted by molar-refractivity contribution is 6.05. The lowest BCUT2D eigenvalue weighted by Gasteiger charge is -2.11. The van der Waals surface area contributed by atoms with Gasteiger partial charge in [0.1, 0.15) is 11.5 Å². The van der Waals surface area contributed by atoms with Crippen LogP contribution in [0.4, 0.5) is 5.69 Å². The summed E-state index contributed by atoms with van der Waals surface area (Å²) in [7, 11) is 0. The molecule has 0 aliphatic rings. The van der Waals surface area contributed by atoms with E-state index < -0.39 is 0 Å². The van der Waals surface area contributed by atoms with Gasteiger partial charge in [0, 0.05) is 5.56 Å². The molecule has 0 spiro atoms. The normalized spacial score (nSPS) is 10.1. The summed E-state index contributed by atoms with van der Waals surface area (Å²) in [6, 6.07) is 14.5. The molecule has 0 heterocycles. The first kappa shape index (κ1) is 15.9. The van der Waals surface area contributed by atoms with E-state index in [1.165, 1.54) is 0 Å². The molecule has 1 amide bonds. The van der Waals surface area contributed by atoms with Crippen LogP contribution in [0.5, 0.6) is 11.5 Å². The smallest absolute Gasteiger partial charge is 0.255 e. The van der Waals surface area contributed by atoms with Crippen molar-refractivity contribution < 1.29 is 14.3 Å². The van der Waals surface area contributed by atoms with Gasteiger partial charge in [-0.05, 0) is 49.7 Å². The molecule has 0 atom stereocenters. The zero-order chi connectivity index (χ0) is 15.8. The Kier molecular flexibility index (Phi) is 5.83. The van der Waals surface area contributed by atoms with Gasteiger partial charge in [0.2, 0.25) is 0 Å². The number of hydrogen-bond acceptors (Lipinski definition) is 3. The van der Waals surface area contributed by atoms with Crippen molar-refractivity contribution in [1.82, 2.24) is 0 Å². The van der Waals surface area contributed by atoms with Gasteiger partial charge in [-0.2, -0.15) is 0 Å². The molecule has 0 bridgehead atoms. The number of nitrogens with one attached hydrogen (secondary N) is 1. The second-order valence-electron chi connectivity index (χ2n) is 4.76. The van der Waals surface area contributed by atoms with Crippen LogP contribution in [-0.2, 0) is 0 Å². The number of amides is 1. The number of carbonyl (C=O) groups excluding carboxylic acids is 1. The van der Waals surface area contributed by atoms with Crippen LogP contribution in [0, 0.1) is 0 Å². The van der Waals surface area contributed by atoms with Crippen LogP contribution in [0.15, 0.2) is 48.5 Å². The van der Waals surface area contributed by atoms with Crippen molar-refractivity contribution in [3.8, 4) is 11.5 Å². The highest BCUT2D eigenvalue weighted by Gasteiger charge is 2.09. The van der Waals surface area contributed by atoms with Crippen molar-refractivity contribution in [2.75, 3.05) is 18.5 Å². The molecule has 0 aliphatic carbocycles. The summed E-state index contributed by atoms with van der Waals surface area (Å²) in [6.45, 7) is 5.19. The third kappa shape index (κ3) is 4.25. The molecule has 0 radical (unpaired) electrons. The highest BCUT2D eigenvalue weighted by Crippen LogP contribution is 2.24. The minimum atomic E-state index is -0.172. The van der Waals surface area contributed by atoms with Crippen molar-refractivity contribution in [1.29, 1.82) is 0 Å². The molecule has 0 fully saturated rings. The Labute approximate surface area is 131 Å². The maximum absolute atomic E-state index is 12.3. The van der Waals surface area contributed by atoms with Crippen molar-refractivity contribution in [2.24, 2.45) is 0 Å². The third-order valence-corrected chi connectivity index (χ3v) is 3.02. The molecule has 0 saturated carbocycles. The van der Waals surface area contributed by atoms with Gasteiger partial charge in [0.15, 0.2) is 0 Å². The van der Waals surface area contributed by atoms with Crippen LogP contribution in [0.25, 0.3) is 0 Å². The molecule has 2 aromatic carbocycles. The Balaban J connectivity index is 2.06. The molecule has 0 aromatic heterocycles. The number of anilines is 1. The molecule has 0 aliphatic heterocycles. The number of rotatable bonds is 7. The Morgan fingerprint density at radius 2 is 1.73 bits per heavy atom. The van der Waals surface area contributed by atoms with Gasteiger partial charge in [-0.1, -0.05) is 19.1 Å². The van der Waals surface area contributed by atoms with E-state index >= 15 is 0 Å². The van der Waals surface area contributed by atoms with Crippen LogP contribution >= 0.6 is 0 Å². The maximum atomic E-state index is 12.3. The van der Waals surface area contributed by atoms with Gasteiger partial charge in [-0.25, -0.2) is 0 Å². The van der Waals surface area contributed by atoms with E-state index in [4.69, 9.17) is 9.47 Å². The van der Waals surface area contributed by atoms with Crippen LogP contribution in [0.1, 0.15) is 30.6 Å². The first-order chi connectivity index (χ1) is 10.7. The van der Waals surface area contributed by atoms with Crippen molar-refractivity contribution in [3.63, 3.8) is 0 Å². The summed E-state index contributed by atoms with van der Waals surface area (Å²) in [5.41, 5.74) is 1.25. The molecule has 116 valence electrons. The topological polar surface area (TPSA) is 47.6 Å². The standard InChI is InChI=1S/C18H21NO3/c1-3-13-22-15-11-9-14(10-12-15)18(20)19-16-7-5-6-8-17(16)21-4-2/h5-12H,3-4,13H2,1-2H3,(H,19,20). The summed E-state index contributed by atoms with van der Waals surface area (Å²) in [4.78, 5) is 12.3. The van der Waals surface area contributed by atoms with Crippen LogP contribution < -0.4 is 14.8 Å². The first-order valence-corrected chi connectivity index (χ1v) is 7.50. The fourth-order valence-electron chi connectivity index (χ4n) is 1.97. The highest BCUT2D eigenvalue weighted by atomic mass is 16.5. The number of ether oxygens (including phenoxy) is 2. The van der Waals surface area contributed by atoms with Gasteiger partial charge >= 0.3 is 0 Å². The Morgan fingerprint density at radius 3 is 2.41 bits per heavy atom. The zero-order valence-electron chi connectivity index (χ0n) is 13.0. The van der Waals surface area contributed by atoms with E-state index in [2.05, 4.69) is 12.2 Å². The lowest BCUT2D eigenvalue weighted by molar-refractivity contribution is 0.102. The van der Waals surface area contributed by atoms with Crippen molar-refractivity contribution >= 4 is 11.6 Å². The lowest BCUT2D eigenvalue weighted by atomic mass is 10.2. The molecular weight excluding hydrogens is 278 g/mol. The summed E-state index contributed by atoms with van der Waals surface area (Å²) in [5.74, 6) is 1.27.